The van der Waals surface area contributed by atoms with Crippen LogP contribution < -0.4 is 5.43 Å². The molecule has 9 heteroatoms. The van der Waals surface area contributed by atoms with Crippen molar-refractivity contribution in [2.24, 2.45) is 16.4 Å². The molecule has 0 bridgehead atoms. The predicted octanol–water partition coefficient (Wildman–Crippen LogP) is 2.67. The van der Waals surface area contributed by atoms with Crippen LogP contribution in [0.4, 0.5) is 8.78 Å². The lowest BCUT2D eigenvalue weighted by Crippen LogP contribution is -2.57. The summed E-state index contributed by atoms with van der Waals surface area (Å²) >= 11 is 0. The number of hydrazine groups is 1. The molecule has 30 heavy (non-hydrogen) atoms. The first-order chi connectivity index (χ1) is 14.2. The van der Waals surface area contributed by atoms with Gasteiger partial charge in [0.25, 0.3) is 0 Å². The Morgan fingerprint density at radius 1 is 1.20 bits per heavy atom. The number of rotatable bonds is 3. The quantitative estimate of drug-likeness (QED) is 0.813. The van der Waals surface area contributed by atoms with Gasteiger partial charge in [0.15, 0.2) is 0 Å². The van der Waals surface area contributed by atoms with Crippen molar-refractivity contribution in [3.05, 3.63) is 35.4 Å². The maximum atomic E-state index is 13.8. The normalized spacial score (nSPS) is 29.5. The fourth-order valence-corrected chi connectivity index (χ4v) is 4.91. The van der Waals surface area contributed by atoms with Crippen LogP contribution in [0.25, 0.3) is 0 Å². The number of hydrazone groups is 1. The van der Waals surface area contributed by atoms with E-state index < -0.39 is 11.6 Å². The molecule has 4 rings (SSSR count). The third-order valence-electron chi connectivity index (χ3n) is 6.39. The number of ether oxygens (including phenoxy) is 1. The van der Waals surface area contributed by atoms with E-state index in [-0.39, 0.29) is 29.6 Å². The molecule has 1 aromatic carbocycles. The summed E-state index contributed by atoms with van der Waals surface area (Å²) in [5.41, 5.74) is 3.17. The summed E-state index contributed by atoms with van der Waals surface area (Å²) < 4.78 is 33.3. The topological polar surface area (TPSA) is 60.4 Å². The fourth-order valence-electron chi connectivity index (χ4n) is 4.91. The number of carbonyl (C=O) groups excluding carboxylic acids is 1. The largest absolute Gasteiger partial charge is 0.441 e. The lowest BCUT2D eigenvalue weighted by Gasteiger charge is -2.46. The van der Waals surface area contributed by atoms with Crippen molar-refractivity contribution in [1.29, 1.82) is 0 Å². The lowest BCUT2D eigenvalue weighted by atomic mass is 9.73. The number of nitrogens with zero attached hydrogens (tertiary/aromatic N) is 4. The van der Waals surface area contributed by atoms with Crippen molar-refractivity contribution in [2.75, 3.05) is 26.7 Å². The molecular weight excluding hydrogens is 392 g/mol. The van der Waals surface area contributed by atoms with Gasteiger partial charge in [-0.15, -0.1) is 5.10 Å². The number of hydrogen-bond acceptors (Lipinski definition) is 6. The second-order valence-corrected chi connectivity index (χ2v) is 9.10. The number of halogens is 2. The van der Waals surface area contributed by atoms with Crippen LogP contribution in [-0.2, 0) is 9.53 Å². The zero-order valence-corrected chi connectivity index (χ0v) is 17.9. The molecule has 1 aromatic rings. The molecule has 0 spiro atoms. The zero-order valence-electron chi connectivity index (χ0n) is 17.9. The Kier molecular flexibility index (Phi) is 5.44. The molecule has 0 saturated carbocycles. The first-order valence-corrected chi connectivity index (χ1v) is 10.4. The first kappa shape index (κ1) is 21.0. The highest BCUT2D eigenvalue weighted by molar-refractivity contribution is 5.80. The van der Waals surface area contributed by atoms with Gasteiger partial charge in [-0.2, -0.15) is 0 Å². The van der Waals surface area contributed by atoms with E-state index in [4.69, 9.17) is 4.74 Å². The summed E-state index contributed by atoms with van der Waals surface area (Å²) in [4.78, 5) is 15.8. The maximum Gasteiger partial charge on any atom is 0.246 e. The minimum atomic E-state index is -0.623. The maximum absolute atomic E-state index is 13.8. The van der Waals surface area contributed by atoms with Gasteiger partial charge in [0, 0.05) is 45.6 Å². The van der Waals surface area contributed by atoms with Gasteiger partial charge in [0.2, 0.25) is 18.2 Å². The second kappa shape index (κ2) is 7.77. The van der Waals surface area contributed by atoms with E-state index in [2.05, 4.69) is 29.3 Å². The Labute approximate surface area is 175 Å². The van der Waals surface area contributed by atoms with Gasteiger partial charge < -0.3 is 4.74 Å². The van der Waals surface area contributed by atoms with Gasteiger partial charge in [0.1, 0.15) is 11.6 Å². The molecule has 3 aliphatic rings. The van der Waals surface area contributed by atoms with Crippen LogP contribution in [0.1, 0.15) is 45.2 Å². The summed E-state index contributed by atoms with van der Waals surface area (Å²) in [5, 5.41) is 7.66. The highest BCUT2D eigenvalue weighted by Crippen LogP contribution is 2.41. The van der Waals surface area contributed by atoms with Gasteiger partial charge in [-0.25, -0.2) is 18.7 Å². The molecular formula is C21H29F2N5O2. The molecule has 3 atom stereocenters. The summed E-state index contributed by atoms with van der Waals surface area (Å²) in [6.45, 7) is 7.98. The Balaban J connectivity index is 1.52. The first-order valence-electron chi connectivity index (χ1n) is 10.4. The van der Waals surface area contributed by atoms with Gasteiger partial charge in [0.05, 0.1) is 6.04 Å². The van der Waals surface area contributed by atoms with Crippen molar-refractivity contribution in [2.45, 2.75) is 46.0 Å². The molecule has 164 valence electrons. The summed E-state index contributed by atoms with van der Waals surface area (Å²) in [6, 6.07) is 3.15. The van der Waals surface area contributed by atoms with E-state index in [9.17, 15) is 13.6 Å². The average molecular weight is 421 g/mol. The van der Waals surface area contributed by atoms with Crippen molar-refractivity contribution in [3.63, 3.8) is 0 Å². The Morgan fingerprint density at radius 3 is 2.50 bits per heavy atom. The van der Waals surface area contributed by atoms with E-state index in [1.165, 1.54) is 12.1 Å². The van der Waals surface area contributed by atoms with E-state index in [0.717, 1.165) is 6.07 Å². The number of piperidine rings is 1. The summed E-state index contributed by atoms with van der Waals surface area (Å²) in [6.07, 6.45) is 1.000. The van der Waals surface area contributed by atoms with E-state index in [1.807, 2.05) is 12.1 Å². The molecule has 0 aromatic heterocycles. The molecule has 3 aliphatic heterocycles. The van der Waals surface area contributed by atoms with Crippen LogP contribution in [-0.4, -0.2) is 59.8 Å². The molecule has 3 unspecified atom stereocenters. The average Bonchev–Trinajstić information content (AvgIpc) is 3.25. The molecule has 1 N–H and O–H groups in total. The van der Waals surface area contributed by atoms with E-state index in [1.54, 1.807) is 11.9 Å². The highest BCUT2D eigenvalue weighted by atomic mass is 19.1. The standard InChI is InChI=1S/C21H29F2N5O2/c1-13-24-25-20(30-13)27-8-5-17(21(2,3)12-27)19(29)28-18(6-7-26(28)4)14-9-15(22)11-16(23)10-14/h9-11,17-18,20,25H,5-8,12H2,1-4H3. The minimum absolute atomic E-state index is 0.00190. The third kappa shape index (κ3) is 3.88. The predicted molar refractivity (Wildman–Crippen MR) is 108 cm³/mol. The molecule has 7 nitrogen and oxygen atoms in total. The number of likely N-dealkylation sites (tertiary alicyclic amines) is 1. The van der Waals surface area contributed by atoms with Crippen LogP contribution in [0.15, 0.2) is 23.3 Å². The molecule has 0 aliphatic carbocycles. The molecule has 2 saturated heterocycles. The molecule has 3 heterocycles. The van der Waals surface area contributed by atoms with Crippen molar-refractivity contribution in [1.82, 2.24) is 20.3 Å². The van der Waals surface area contributed by atoms with Gasteiger partial charge >= 0.3 is 0 Å². The Bertz CT molecular complexity index is 842. The molecule has 0 radical (unpaired) electrons. The molecule has 1 amide bonds. The van der Waals surface area contributed by atoms with Crippen LogP contribution in [0.3, 0.4) is 0 Å². The van der Waals surface area contributed by atoms with Gasteiger partial charge in [-0.3, -0.25) is 15.2 Å². The SMILES string of the molecule is CC1=NNC(N2CCC(C(=O)N3C(c4cc(F)cc(F)c4)CCN3C)C(C)(C)C2)O1. The summed E-state index contributed by atoms with van der Waals surface area (Å²) in [7, 11) is 1.85. The fraction of sp³-hybridized carbons (Fsp3) is 0.619. The van der Waals surface area contributed by atoms with Crippen LogP contribution in [0, 0.1) is 23.0 Å². The lowest BCUT2D eigenvalue weighted by molar-refractivity contribution is -0.160. The highest BCUT2D eigenvalue weighted by Gasteiger charge is 2.47. The molecule has 2 fully saturated rings. The third-order valence-corrected chi connectivity index (χ3v) is 6.39. The number of nitrogens with one attached hydrogen (secondary N) is 1. The van der Waals surface area contributed by atoms with Crippen LogP contribution in [0.5, 0.6) is 0 Å². The number of amides is 1. The number of benzene rings is 1. The number of hydrogen-bond donors (Lipinski definition) is 1. The minimum Gasteiger partial charge on any atom is -0.441 e. The smallest absolute Gasteiger partial charge is 0.246 e. The van der Waals surface area contributed by atoms with Crippen molar-refractivity contribution in [3.8, 4) is 0 Å². The van der Waals surface area contributed by atoms with Crippen LogP contribution >= 0.6 is 0 Å². The van der Waals surface area contributed by atoms with Crippen molar-refractivity contribution >= 4 is 11.8 Å². The summed E-state index contributed by atoms with van der Waals surface area (Å²) in [5.74, 6) is -0.857. The van der Waals surface area contributed by atoms with Gasteiger partial charge in [-0.1, -0.05) is 13.8 Å². The van der Waals surface area contributed by atoms with Gasteiger partial charge in [-0.05, 0) is 36.0 Å². The van der Waals surface area contributed by atoms with Crippen LogP contribution in [0.2, 0.25) is 0 Å². The van der Waals surface area contributed by atoms with Crippen molar-refractivity contribution < 1.29 is 18.3 Å². The zero-order chi connectivity index (χ0) is 21.6. The Morgan fingerprint density at radius 2 is 1.90 bits per heavy atom. The van der Waals surface area contributed by atoms with E-state index >= 15 is 0 Å². The monoisotopic (exact) mass is 421 g/mol. The number of carbonyl (C=O) groups is 1. The van der Waals surface area contributed by atoms with E-state index in [0.29, 0.717) is 43.9 Å². The Hall–Kier alpha value is -2.26. The second-order valence-electron chi connectivity index (χ2n) is 9.10.